The summed E-state index contributed by atoms with van der Waals surface area (Å²) in [5.74, 6) is -0.505. The predicted octanol–water partition coefficient (Wildman–Crippen LogP) is 3.35. The topological polar surface area (TPSA) is 116 Å². The molecule has 0 spiro atoms. The molecule has 1 aliphatic carbocycles. The highest BCUT2D eigenvalue weighted by Crippen LogP contribution is 2.39. The molecule has 2 aromatic rings. The quantitative estimate of drug-likeness (QED) is 0.462. The molecule has 0 amide bonds. The van der Waals surface area contributed by atoms with Gasteiger partial charge in [-0.1, -0.05) is 0 Å². The van der Waals surface area contributed by atoms with Gasteiger partial charge in [-0.05, 0) is 58.2 Å². The van der Waals surface area contributed by atoms with Crippen molar-refractivity contribution in [2.75, 3.05) is 13.7 Å². The zero-order valence-electron chi connectivity index (χ0n) is 20.2. The number of nitrogens with zero attached hydrogens (tertiary/aromatic N) is 3. The van der Waals surface area contributed by atoms with Crippen molar-refractivity contribution in [2.45, 2.75) is 73.8 Å². The van der Waals surface area contributed by atoms with Gasteiger partial charge in [0.2, 0.25) is 10.0 Å². The summed E-state index contributed by atoms with van der Waals surface area (Å²) in [5.41, 5.74) is -0.213. The Kier molecular flexibility index (Phi) is 7.92. The minimum atomic E-state index is -4.96. The first-order valence-electron chi connectivity index (χ1n) is 11.2. The van der Waals surface area contributed by atoms with E-state index in [-0.39, 0.29) is 13.2 Å². The third kappa shape index (κ3) is 5.44. The number of esters is 1. The molecule has 0 bridgehead atoms. The lowest BCUT2D eigenvalue weighted by Gasteiger charge is -2.31. The van der Waals surface area contributed by atoms with Crippen LogP contribution < -0.4 is 0 Å². The van der Waals surface area contributed by atoms with Crippen LogP contribution in [0.3, 0.4) is 0 Å². The van der Waals surface area contributed by atoms with Gasteiger partial charge in [0.15, 0.2) is 9.84 Å². The number of aromatic nitrogens is 2. The number of hydrogen-bond acceptors (Lipinski definition) is 7. The minimum absolute atomic E-state index is 0.156. The number of sulfonamides is 1. The Bertz CT molecular complexity index is 1350. The molecule has 200 valence electrons. The Morgan fingerprint density at radius 1 is 1.19 bits per heavy atom. The Morgan fingerprint density at radius 2 is 1.83 bits per heavy atom. The van der Waals surface area contributed by atoms with E-state index in [1.54, 1.807) is 6.92 Å². The second-order valence-electron chi connectivity index (χ2n) is 8.72. The van der Waals surface area contributed by atoms with Crippen molar-refractivity contribution < 1.29 is 39.5 Å². The molecule has 0 saturated carbocycles. The average molecular weight is 552 g/mol. The minimum Gasteiger partial charge on any atom is -0.465 e. The Hall–Kier alpha value is -2.45. The summed E-state index contributed by atoms with van der Waals surface area (Å²) in [6.45, 7) is 4.30. The van der Waals surface area contributed by atoms with E-state index in [9.17, 15) is 34.8 Å². The summed E-state index contributed by atoms with van der Waals surface area (Å²) < 4.78 is 100. The molecule has 1 atom stereocenters. The zero-order chi connectivity index (χ0) is 27.1. The summed E-state index contributed by atoms with van der Waals surface area (Å²) in [6.07, 6.45) is -2.09. The summed E-state index contributed by atoms with van der Waals surface area (Å²) in [7, 11) is -7.52. The monoisotopic (exact) mass is 551 g/mol. The van der Waals surface area contributed by atoms with E-state index in [1.807, 2.05) is 0 Å². The van der Waals surface area contributed by atoms with Gasteiger partial charge in [0, 0.05) is 18.3 Å². The third-order valence-corrected chi connectivity index (χ3v) is 10.1. The standard InChI is InChI=1S/C22H28F3N3O6S2/c1-5-34-21(29)13-28-20-8-6-7-19(18(20)12-26-28)27(4)36(32,33)17-10-15(22(23,24)25)9-16(11-17)35(30,31)14(2)3/h9-12,14,19H,5-8,13H2,1-4H3/t19-/m1/s1. The van der Waals surface area contributed by atoms with Gasteiger partial charge >= 0.3 is 12.1 Å². The number of halogens is 3. The summed E-state index contributed by atoms with van der Waals surface area (Å²) in [5, 5.41) is 3.13. The number of fused-ring (bicyclic) bond motifs is 1. The predicted molar refractivity (Wildman–Crippen MR) is 123 cm³/mol. The number of benzene rings is 1. The first kappa shape index (κ1) is 28.1. The third-order valence-electron chi connectivity index (χ3n) is 6.09. The van der Waals surface area contributed by atoms with Crippen molar-refractivity contribution in [3.8, 4) is 0 Å². The van der Waals surface area contributed by atoms with Crippen molar-refractivity contribution >= 4 is 25.8 Å². The number of alkyl halides is 3. The van der Waals surface area contributed by atoms with Crippen LogP contribution in [0, 0.1) is 0 Å². The van der Waals surface area contributed by atoms with Gasteiger partial charge in [-0.15, -0.1) is 0 Å². The number of hydrogen-bond donors (Lipinski definition) is 0. The summed E-state index contributed by atoms with van der Waals surface area (Å²) >= 11 is 0. The van der Waals surface area contributed by atoms with Crippen LogP contribution >= 0.6 is 0 Å². The van der Waals surface area contributed by atoms with E-state index in [1.165, 1.54) is 31.8 Å². The fourth-order valence-corrected chi connectivity index (χ4v) is 6.73. The van der Waals surface area contributed by atoms with E-state index in [0.717, 1.165) is 10.4 Å². The van der Waals surface area contributed by atoms with Gasteiger partial charge in [0.1, 0.15) is 6.54 Å². The molecule has 0 unspecified atom stereocenters. The van der Waals surface area contributed by atoms with Crippen molar-refractivity contribution in [1.82, 2.24) is 14.1 Å². The van der Waals surface area contributed by atoms with Crippen LogP contribution in [0.15, 0.2) is 34.2 Å². The molecule has 9 nitrogen and oxygen atoms in total. The number of ether oxygens (including phenoxy) is 1. The largest absolute Gasteiger partial charge is 0.465 e. The number of carbonyl (C=O) groups is 1. The van der Waals surface area contributed by atoms with Crippen LogP contribution in [-0.2, 0) is 48.5 Å². The SMILES string of the molecule is CCOC(=O)Cn1ncc2c1CCC[C@H]2N(C)S(=O)(=O)c1cc(C(F)(F)F)cc(S(=O)(=O)C(C)C)c1. The first-order chi connectivity index (χ1) is 16.6. The lowest BCUT2D eigenvalue weighted by Crippen LogP contribution is -2.34. The average Bonchev–Trinajstić information content (AvgIpc) is 3.20. The molecule has 14 heteroatoms. The molecule has 0 aliphatic heterocycles. The molecule has 1 aliphatic rings. The maximum Gasteiger partial charge on any atom is 0.416 e. The molecule has 0 saturated heterocycles. The van der Waals surface area contributed by atoms with Crippen molar-refractivity contribution in [3.63, 3.8) is 0 Å². The Morgan fingerprint density at radius 3 is 2.42 bits per heavy atom. The number of carbonyl (C=O) groups excluding carboxylic acids is 1. The normalized spacial score (nSPS) is 16.9. The smallest absolute Gasteiger partial charge is 0.416 e. The molecule has 1 aromatic carbocycles. The number of rotatable bonds is 8. The molecular formula is C22H28F3N3O6S2. The van der Waals surface area contributed by atoms with E-state index < -0.39 is 58.7 Å². The van der Waals surface area contributed by atoms with Crippen LogP contribution in [0.1, 0.15) is 56.5 Å². The molecule has 36 heavy (non-hydrogen) atoms. The summed E-state index contributed by atoms with van der Waals surface area (Å²) in [6, 6.07) is 0.894. The van der Waals surface area contributed by atoms with Crippen LogP contribution in [0.25, 0.3) is 0 Å². The maximum absolute atomic E-state index is 13.6. The summed E-state index contributed by atoms with van der Waals surface area (Å²) in [4.78, 5) is 10.4. The fourth-order valence-electron chi connectivity index (χ4n) is 4.09. The van der Waals surface area contributed by atoms with E-state index in [4.69, 9.17) is 4.74 Å². The Labute approximate surface area is 208 Å². The first-order valence-corrected chi connectivity index (χ1v) is 14.2. The zero-order valence-corrected chi connectivity index (χ0v) is 21.9. The second kappa shape index (κ2) is 10.1. The maximum atomic E-state index is 13.6. The van der Waals surface area contributed by atoms with Crippen LogP contribution in [0.5, 0.6) is 0 Å². The van der Waals surface area contributed by atoms with Crippen molar-refractivity contribution in [2.24, 2.45) is 0 Å². The molecule has 3 rings (SSSR count). The van der Waals surface area contributed by atoms with Gasteiger partial charge in [-0.25, -0.2) is 16.8 Å². The molecule has 0 fully saturated rings. The molecule has 1 aromatic heterocycles. The van der Waals surface area contributed by atoms with Gasteiger partial charge < -0.3 is 4.74 Å². The van der Waals surface area contributed by atoms with Crippen LogP contribution in [0.4, 0.5) is 13.2 Å². The Balaban J connectivity index is 2.06. The van der Waals surface area contributed by atoms with E-state index in [0.29, 0.717) is 42.7 Å². The molecular weight excluding hydrogens is 523 g/mol. The second-order valence-corrected chi connectivity index (χ2v) is 13.2. The van der Waals surface area contributed by atoms with Crippen molar-refractivity contribution in [3.05, 3.63) is 41.2 Å². The highest BCUT2D eigenvalue weighted by atomic mass is 32.2. The molecule has 1 heterocycles. The van der Waals surface area contributed by atoms with Crippen LogP contribution in [-0.4, -0.2) is 55.8 Å². The van der Waals surface area contributed by atoms with E-state index >= 15 is 0 Å². The lowest BCUT2D eigenvalue weighted by atomic mass is 9.93. The number of sulfone groups is 1. The van der Waals surface area contributed by atoms with E-state index in [2.05, 4.69) is 5.10 Å². The van der Waals surface area contributed by atoms with Gasteiger partial charge in [-0.2, -0.15) is 22.6 Å². The molecule has 0 N–H and O–H groups in total. The highest BCUT2D eigenvalue weighted by molar-refractivity contribution is 7.92. The van der Waals surface area contributed by atoms with Crippen LogP contribution in [0.2, 0.25) is 0 Å². The van der Waals surface area contributed by atoms with Gasteiger partial charge in [0.05, 0.1) is 39.4 Å². The fraction of sp³-hybridized carbons (Fsp3) is 0.545. The van der Waals surface area contributed by atoms with Crippen molar-refractivity contribution in [1.29, 1.82) is 0 Å². The van der Waals surface area contributed by atoms with Gasteiger partial charge in [-0.3, -0.25) is 9.48 Å². The lowest BCUT2D eigenvalue weighted by molar-refractivity contribution is -0.144. The molecule has 0 radical (unpaired) electrons. The van der Waals surface area contributed by atoms with Gasteiger partial charge in [0.25, 0.3) is 0 Å². The highest BCUT2D eigenvalue weighted by Gasteiger charge is 2.38.